The topological polar surface area (TPSA) is 155 Å². The van der Waals surface area contributed by atoms with Gasteiger partial charge in [0.15, 0.2) is 17.7 Å². The molecule has 1 aromatic heterocycles. The Balaban J connectivity index is 1.27. The van der Waals surface area contributed by atoms with Crippen LogP contribution < -0.4 is 26.0 Å². The van der Waals surface area contributed by atoms with Crippen molar-refractivity contribution in [3.8, 4) is 5.75 Å². The monoisotopic (exact) mass is 739 g/mol. The maximum Gasteiger partial charge on any atom is 0.273 e. The van der Waals surface area contributed by atoms with E-state index in [0.29, 0.717) is 11.5 Å². The van der Waals surface area contributed by atoms with Crippen molar-refractivity contribution in [3.63, 3.8) is 0 Å². The minimum Gasteiger partial charge on any atom is -0.469 e. The van der Waals surface area contributed by atoms with Gasteiger partial charge in [-0.3, -0.25) is 14.4 Å². The molecular weight excluding hydrogens is 695 g/mol. The van der Waals surface area contributed by atoms with Crippen LogP contribution >= 0.6 is 0 Å². The summed E-state index contributed by atoms with van der Waals surface area (Å²) in [5, 5.41) is 23.2. The molecule has 0 aliphatic carbocycles. The minimum atomic E-state index is -1.30. The van der Waals surface area contributed by atoms with Gasteiger partial charge in [0.25, 0.3) is 5.91 Å². The normalized spacial score (nSPS) is 21.4. The molecule has 0 saturated carbocycles. The second-order valence-electron chi connectivity index (χ2n) is 15.3. The van der Waals surface area contributed by atoms with Crippen LogP contribution in [0.25, 0.3) is 0 Å². The van der Waals surface area contributed by atoms with Gasteiger partial charge in [-0.2, -0.15) is 0 Å². The van der Waals surface area contributed by atoms with Crippen LogP contribution in [0.15, 0.2) is 108 Å². The molecule has 282 valence electrons. The number of ether oxygens (including phenoxy) is 1. The first-order chi connectivity index (χ1) is 26.6. The van der Waals surface area contributed by atoms with Gasteiger partial charge in [-0.15, -0.1) is 0 Å². The fraction of sp³-hybridized carbons (Fsp3) is 0.318. The van der Waals surface area contributed by atoms with E-state index in [9.17, 15) is 19.5 Å². The van der Waals surface area contributed by atoms with Crippen LogP contribution in [0.1, 0.15) is 89.6 Å². The molecule has 11 heteroatoms. The summed E-state index contributed by atoms with van der Waals surface area (Å²) in [5.74, 6) is -1.22. The number of oxazole rings is 1. The number of rotatable bonds is 9. The first-order valence-corrected chi connectivity index (χ1v) is 18.9. The predicted molar refractivity (Wildman–Crippen MR) is 207 cm³/mol. The maximum atomic E-state index is 14.7. The van der Waals surface area contributed by atoms with Crippen LogP contribution in [0.4, 0.5) is 5.69 Å². The number of aliphatic hydroxyl groups is 1. The number of fused-ring (bicyclic) bond motifs is 4. The zero-order valence-electron chi connectivity index (χ0n) is 31.2. The number of aromatic nitrogens is 1. The highest BCUT2D eigenvalue weighted by atomic mass is 16.5. The molecule has 5 aromatic rings. The lowest BCUT2D eigenvalue weighted by atomic mass is 9.72. The third-order valence-electron chi connectivity index (χ3n) is 11.0. The Morgan fingerprint density at radius 1 is 0.891 bits per heavy atom. The third-order valence-corrected chi connectivity index (χ3v) is 11.0. The van der Waals surface area contributed by atoms with Crippen molar-refractivity contribution < 1.29 is 28.6 Å². The van der Waals surface area contributed by atoms with Crippen LogP contribution in [-0.4, -0.2) is 52.7 Å². The number of carbonyl (C=O) groups is 3. The third kappa shape index (κ3) is 6.32. The van der Waals surface area contributed by atoms with Gasteiger partial charge in [-0.05, 0) is 46.2 Å². The van der Waals surface area contributed by atoms with Crippen LogP contribution in [0.5, 0.6) is 5.75 Å². The molecule has 4 aromatic carbocycles. The second kappa shape index (κ2) is 14.4. The first kappa shape index (κ1) is 36.1. The molecule has 55 heavy (non-hydrogen) atoms. The molecule has 4 heterocycles. The van der Waals surface area contributed by atoms with Gasteiger partial charge in [0.1, 0.15) is 29.4 Å². The van der Waals surface area contributed by atoms with E-state index >= 15 is 0 Å². The lowest BCUT2D eigenvalue weighted by Crippen LogP contribution is -2.52. The number of nitrogens with one attached hydrogen (secondary N) is 4. The molecule has 4 bridgehead atoms. The average Bonchev–Trinajstić information content (AvgIpc) is 3.86. The Bertz CT molecular complexity index is 2200. The van der Waals surface area contributed by atoms with Crippen molar-refractivity contribution in [1.82, 2.24) is 20.9 Å². The summed E-state index contributed by atoms with van der Waals surface area (Å²) in [4.78, 5) is 47.0. The number of aliphatic hydroxyl groups excluding tert-OH is 1. The van der Waals surface area contributed by atoms with Crippen LogP contribution in [0, 0.1) is 11.8 Å². The zero-order chi connectivity index (χ0) is 38.4. The number of amides is 3. The van der Waals surface area contributed by atoms with Crippen molar-refractivity contribution in [2.75, 3.05) is 11.9 Å². The SMILES string of the molecule is CC(C)[C@H](O)C(=O)N[C@H]1Cc2ccc3c(c2)C2(c4ccccc4NC2O3)c2oc(nc2C(=O)NCC(c2ccccc2)c2ccccc2)[C@H](C(C)C)NC1=O. The largest absolute Gasteiger partial charge is 0.469 e. The Morgan fingerprint density at radius 3 is 2.24 bits per heavy atom. The summed E-state index contributed by atoms with van der Waals surface area (Å²) in [7, 11) is 0. The molecule has 3 amide bonds. The number of nitrogens with zero attached hydrogens (tertiary/aromatic N) is 1. The fourth-order valence-electron chi connectivity index (χ4n) is 8.09. The molecule has 0 radical (unpaired) electrons. The maximum absolute atomic E-state index is 14.7. The average molecular weight is 740 g/mol. The quantitative estimate of drug-likeness (QED) is 0.131. The van der Waals surface area contributed by atoms with E-state index < -0.39 is 47.6 Å². The Labute approximate surface area is 319 Å². The van der Waals surface area contributed by atoms with Gasteiger partial charge >= 0.3 is 0 Å². The van der Waals surface area contributed by atoms with Crippen LogP contribution in [0.2, 0.25) is 0 Å². The van der Waals surface area contributed by atoms with Crippen molar-refractivity contribution in [2.24, 2.45) is 11.8 Å². The minimum absolute atomic E-state index is 0.0873. The van der Waals surface area contributed by atoms with E-state index in [-0.39, 0.29) is 42.3 Å². The summed E-state index contributed by atoms with van der Waals surface area (Å²) in [6.45, 7) is 7.61. The van der Waals surface area contributed by atoms with E-state index in [0.717, 1.165) is 33.5 Å². The van der Waals surface area contributed by atoms with E-state index in [2.05, 4.69) is 45.5 Å². The smallest absolute Gasteiger partial charge is 0.273 e. The Hall–Kier alpha value is -5.94. The summed E-state index contributed by atoms with van der Waals surface area (Å²) in [5.41, 5.74) is 4.21. The molecule has 5 N–H and O–H groups in total. The number of hydrogen-bond acceptors (Lipinski definition) is 8. The Morgan fingerprint density at radius 2 is 1.56 bits per heavy atom. The molecule has 2 unspecified atom stereocenters. The lowest BCUT2D eigenvalue weighted by molar-refractivity contribution is -0.135. The number of carbonyl (C=O) groups excluding carboxylic acids is 3. The highest BCUT2D eigenvalue weighted by molar-refractivity contribution is 5.95. The van der Waals surface area contributed by atoms with Crippen molar-refractivity contribution in [2.45, 2.75) is 69.9 Å². The molecule has 8 rings (SSSR count). The zero-order valence-corrected chi connectivity index (χ0v) is 31.2. The number of hydrogen-bond donors (Lipinski definition) is 5. The van der Waals surface area contributed by atoms with E-state index in [1.807, 2.05) is 92.7 Å². The number of benzene rings is 4. The van der Waals surface area contributed by atoms with E-state index in [1.54, 1.807) is 13.8 Å². The molecule has 5 atom stereocenters. The van der Waals surface area contributed by atoms with Gasteiger partial charge in [0, 0.05) is 30.1 Å². The lowest BCUT2D eigenvalue weighted by Gasteiger charge is -2.29. The Kier molecular flexibility index (Phi) is 9.42. The molecule has 3 aliphatic rings. The highest BCUT2D eigenvalue weighted by Crippen LogP contribution is 2.58. The van der Waals surface area contributed by atoms with Gasteiger partial charge < -0.3 is 35.5 Å². The molecule has 0 fully saturated rings. The van der Waals surface area contributed by atoms with Crippen molar-refractivity contribution in [3.05, 3.63) is 148 Å². The molecule has 3 aliphatic heterocycles. The summed E-state index contributed by atoms with van der Waals surface area (Å²) < 4.78 is 13.5. The molecule has 1 spiro atoms. The molecule has 11 nitrogen and oxygen atoms in total. The van der Waals surface area contributed by atoms with Gasteiger partial charge in [-0.1, -0.05) is 119 Å². The van der Waals surface area contributed by atoms with Gasteiger partial charge in [0.05, 0.1) is 0 Å². The number of para-hydroxylation sites is 1. The van der Waals surface area contributed by atoms with Gasteiger partial charge in [-0.25, -0.2) is 4.98 Å². The summed E-state index contributed by atoms with van der Waals surface area (Å²) in [6.07, 6.45) is -1.85. The molecule has 0 saturated heterocycles. The van der Waals surface area contributed by atoms with E-state index in [4.69, 9.17) is 14.1 Å². The highest BCUT2D eigenvalue weighted by Gasteiger charge is 2.61. The van der Waals surface area contributed by atoms with E-state index in [1.165, 1.54) is 0 Å². The van der Waals surface area contributed by atoms with Crippen molar-refractivity contribution in [1.29, 1.82) is 0 Å². The second-order valence-corrected chi connectivity index (χ2v) is 15.3. The molecular formula is C44H45N5O6. The predicted octanol–water partition coefficient (Wildman–Crippen LogP) is 5.59. The van der Waals surface area contributed by atoms with Crippen molar-refractivity contribution >= 4 is 23.4 Å². The standard InChI is InChI=1S/C44H45N5O6/c1-24(2)35-42-49-36(40(52)45-23-29(27-13-7-5-8-14-27)28-15-9-6-10-16-28)38(55-42)44-30-17-11-12-18-32(30)47-43(44)54-34-20-19-26(21-31(34)44)22-33(39(51)48-35)46-41(53)37(50)25(3)4/h5-21,24-25,29,33,35,37,43,47,50H,22-23H2,1-4H3,(H,45,52)(H,46,53)(H,48,51)/t33-,35-,37-,43?,44?/m0/s1. The van der Waals surface area contributed by atoms with Gasteiger partial charge in [0.2, 0.25) is 17.7 Å². The fourth-order valence-corrected chi connectivity index (χ4v) is 8.09. The summed E-state index contributed by atoms with van der Waals surface area (Å²) >= 11 is 0. The van der Waals surface area contributed by atoms with Crippen LogP contribution in [0.3, 0.4) is 0 Å². The number of anilines is 1. The van der Waals surface area contributed by atoms with Crippen LogP contribution in [-0.2, 0) is 21.4 Å². The summed E-state index contributed by atoms with van der Waals surface area (Å²) in [6, 6.07) is 31.8. The first-order valence-electron chi connectivity index (χ1n) is 18.9.